The zero-order chi connectivity index (χ0) is 23.7. The smallest absolute Gasteiger partial charge is 0.263 e. The molecule has 0 spiro atoms. The average molecular weight is 486 g/mol. The number of hydrogen-bond donors (Lipinski definition) is 1. The van der Waals surface area contributed by atoms with Crippen LogP contribution in [0.25, 0.3) is 16.3 Å². The Morgan fingerprint density at radius 3 is 2.71 bits per heavy atom. The first-order chi connectivity index (χ1) is 16.5. The molecule has 0 saturated carbocycles. The highest BCUT2D eigenvalue weighted by Gasteiger charge is 2.27. The first-order valence-electron chi connectivity index (χ1n) is 12.2. The maximum atomic E-state index is 3.51. The molecule has 5 rings (SSSR count). The second-order valence-electron chi connectivity index (χ2n) is 9.87. The summed E-state index contributed by atoms with van der Waals surface area (Å²) in [6, 6.07) is 15.2. The van der Waals surface area contributed by atoms with Crippen LogP contribution in [0.5, 0.6) is 0 Å². The Bertz CT molecular complexity index is 1320. The van der Waals surface area contributed by atoms with Crippen molar-refractivity contribution in [3.63, 3.8) is 0 Å². The second-order valence-corrected chi connectivity index (χ2v) is 12.0. The number of thioether (sulfide) groups is 1. The Morgan fingerprint density at radius 1 is 1.06 bits per heavy atom. The Hall–Kier alpha value is -2.56. The summed E-state index contributed by atoms with van der Waals surface area (Å²) in [6.07, 6.45) is 14.8. The van der Waals surface area contributed by atoms with Gasteiger partial charge < -0.3 is 5.32 Å². The molecule has 1 N–H and O–H groups in total. The minimum absolute atomic E-state index is 0.256. The molecule has 2 nitrogen and oxygen atoms in total. The molecule has 1 aliphatic heterocycles. The fourth-order valence-electron chi connectivity index (χ4n) is 5.08. The first-order valence-corrected chi connectivity index (χ1v) is 13.9. The van der Waals surface area contributed by atoms with Gasteiger partial charge in [0, 0.05) is 16.5 Å². The highest BCUT2D eigenvalue weighted by atomic mass is 32.2. The van der Waals surface area contributed by atoms with E-state index in [4.69, 9.17) is 0 Å². The number of para-hydroxylation sites is 2. The number of nitrogens with zero attached hydrogens (tertiary/aromatic N) is 1. The van der Waals surface area contributed by atoms with Crippen molar-refractivity contribution in [3.05, 3.63) is 93.5 Å². The number of nitrogens with one attached hydrogen (secondary N) is 1. The third-order valence-corrected chi connectivity index (χ3v) is 8.63. The lowest BCUT2D eigenvalue weighted by Gasteiger charge is -2.30. The van der Waals surface area contributed by atoms with Gasteiger partial charge >= 0.3 is 0 Å². The van der Waals surface area contributed by atoms with E-state index in [0.29, 0.717) is 0 Å². The van der Waals surface area contributed by atoms with E-state index >= 15 is 0 Å². The minimum atomic E-state index is 0.256. The summed E-state index contributed by atoms with van der Waals surface area (Å²) < 4.78 is 3.89. The summed E-state index contributed by atoms with van der Waals surface area (Å²) in [4.78, 5) is 1.30. The van der Waals surface area contributed by atoms with Crippen LogP contribution in [0, 0.1) is 5.41 Å². The van der Waals surface area contributed by atoms with Gasteiger partial charge in [-0.15, -0.1) is 0 Å². The number of allylic oxidation sites excluding steroid dienone is 6. The van der Waals surface area contributed by atoms with E-state index in [9.17, 15) is 0 Å². The van der Waals surface area contributed by atoms with E-state index in [1.807, 2.05) is 11.3 Å². The lowest BCUT2D eigenvalue weighted by atomic mass is 9.75. The lowest BCUT2D eigenvalue weighted by molar-refractivity contribution is -0.665. The molecule has 1 aliphatic carbocycles. The number of rotatable bonds is 5. The standard InChI is InChI=1S/C30H32N2S2/c1-5-23-12-10-15-26-29(23)32(6-2)28(34-26)18-22-17-21(19-30(3,4)20-22)11-9-16-27-31-24-13-7-8-14-25(24)33-27/h7-18H,5-6,19-20H2,1-4H3/p+1. The van der Waals surface area contributed by atoms with Gasteiger partial charge in [-0.3, -0.25) is 0 Å². The summed E-state index contributed by atoms with van der Waals surface area (Å²) >= 11 is 3.72. The molecule has 2 aliphatic rings. The van der Waals surface area contributed by atoms with Crippen molar-refractivity contribution < 1.29 is 4.57 Å². The van der Waals surface area contributed by atoms with Crippen LogP contribution in [0.1, 0.15) is 51.1 Å². The van der Waals surface area contributed by atoms with Crippen molar-refractivity contribution in [1.82, 2.24) is 0 Å². The molecule has 0 amide bonds. The van der Waals surface area contributed by atoms with Gasteiger partial charge in [0.05, 0.1) is 10.7 Å². The molecule has 174 valence electrons. The first kappa shape index (κ1) is 23.2. The van der Waals surface area contributed by atoms with E-state index in [1.165, 1.54) is 47.5 Å². The van der Waals surface area contributed by atoms with Crippen LogP contribution in [0.2, 0.25) is 0 Å². The average Bonchev–Trinajstić information content (AvgIpc) is 3.38. The van der Waals surface area contributed by atoms with Crippen LogP contribution < -0.4 is 9.88 Å². The van der Waals surface area contributed by atoms with Gasteiger partial charge in [-0.1, -0.05) is 86.4 Å². The Kier molecular flexibility index (Phi) is 6.54. The molecule has 0 bridgehead atoms. The van der Waals surface area contributed by atoms with E-state index < -0.39 is 0 Å². The van der Waals surface area contributed by atoms with Crippen LogP contribution in [-0.4, -0.2) is 0 Å². The number of aromatic nitrogens is 1. The van der Waals surface area contributed by atoms with E-state index in [2.05, 4.69) is 110 Å². The number of thiazole rings is 1. The number of fused-ring (bicyclic) bond motifs is 2. The van der Waals surface area contributed by atoms with Crippen molar-refractivity contribution in [3.8, 4) is 0 Å². The largest absolute Gasteiger partial charge is 0.349 e. The third kappa shape index (κ3) is 4.80. The Balaban J connectivity index is 1.43. The molecule has 0 fully saturated rings. The summed E-state index contributed by atoms with van der Waals surface area (Å²) in [6.45, 7) is 10.3. The van der Waals surface area contributed by atoms with Crippen molar-refractivity contribution in [2.75, 3.05) is 5.32 Å². The molecule has 2 heterocycles. The summed E-state index contributed by atoms with van der Waals surface area (Å²) in [7, 11) is 0. The van der Waals surface area contributed by atoms with Crippen LogP contribution in [0.15, 0.2) is 87.8 Å². The SMILES string of the molecule is CCc1cccc2sc(C=C3C=C(C=CC=C4Nc5ccccc5S4)CC(C)(C)C3)[n+](CC)c12. The molecule has 0 atom stereocenters. The second kappa shape index (κ2) is 9.59. The van der Waals surface area contributed by atoms with Gasteiger partial charge in [0.25, 0.3) is 5.01 Å². The highest BCUT2D eigenvalue weighted by molar-refractivity contribution is 8.03. The molecule has 0 saturated heterocycles. The molecule has 0 unspecified atom stereocenters. The Morgan fingerprint density at radius 2 is 1.91 bits per heavy atom. The maximum Gasteiger partial charge on any atom is 0.263 e. The molecular formula is C30H33N2S2+. The van der Waals surface area contributed by atoms with Gasteiger partial charge in [-0.05, 0) is 67.0 Å². The third-order valence-electron chi connectivity index (χ3n) is 6.50. The maximum absolute atomic E-state index is 3.51. The molecule has 0 radical (unpaired) electrons. The molecule has 2 aromatic carbocycles. The molecule has 4 heteroatoms. The van der Waals surface area contributed by atoms with E-state index in [-0.39, 0.29) is 5.41 Å². The molecule has 1 aromatic heterocycles. The zero-order valence-corrected chi connectivity index (χ0v) is 22.2. The lowest BCUT2D eigenvalue weighted by Crippen LogP contribution is -2.34. The minimum Gasteiger partial charge on any atom is -0.349 e. The van der Waals surface area contributed by atoms with Gasteiger partial charge in [0.15, 0.2) is 0 Å². The quantitative estimate of drug-likeness (QED) is 0.365. The zero-order valence-electron chi connectivity index (χ0n) is 20.5. The summed E-state index contributed by atoms with van der Waals surface area (Å²) in [5.41, 5.74) is 7.14. The predicted molar refractivity (Wildman–Crippen MR) is 149 cm³/mol. The van der Waals surface area contributed by atoms with Crippen molar-refractivity contribution in [2.24, 2.45) is 5.41 Å². The van der Waals surface area contributed by atoms with Gasteiger partial charge in [-0.2, -0.15) is 4.57 Å². The monoisotopic (exact) mass is 485 g/mol. The normalized spacial score (nSPS) is 19.7. The fraction of sp³-hybridized carbons (Fsp3) is 0.300. The number of hydrogen-bond acceptors (Lipinski definition) is 3. The van der Waals surface area contributed by atoms with Crippen LogP contribution in [0.4, 0.5) is 5.69 Å². The molecule has 34 heavy (non-hydrogen) atoms. The Labute approximate surface area is 211 Å². The van der Waals surface area contributed by atoms with Crippen molar-refractivity contribution >= 4 is 45.1 Å². The van der Waals surface area contributed by atoms with Gasteiger partial charge in [0.1, 0.15) is 11.2 Å². The number of anilines is 1. The van der Waals surface area contributed by atoms with Gasteiger partial charge in [0.2, 0.25) is 5.52 Å². The van der Waals surface area contributed by atoms with E-state index in [0.717, 1.165) is 25.8 Å². The topological polar surface area (TPSA) is 15.9 Å². The fourth-order valence-corrected chi connectivity index (χ4v) is 7.25. The number of aryl methyl sites for hydroxylation is 2. The number of benzene rings is 2. The molecular weight excluding hydrogens is 452 g/mol. The van der Waals surface area contributed by atoms with Crippen molar-refractivity contribution in [1.29, 1.82) is 0 Å². The summed E-state index contributed by atoms with van der Waals surface area (Å²) in [5, 5.41) is 6.05. The van der Waals surface area contributed by atoms with E-state index in [1.54, 1.807) is 11.8 Å². The van der Waals surface area contributed by atoms with Crippen LogP contribution in [-0.2, 0) is 13.0 Å². The molecule has 3 aromatic rings. The van der Waals surface area contributed by atoms with Gasteiger partial charge in [-0.25, -0.2) is 0 Å². The predicted octanol–water partition coefficient (Wildman–Crippen LogP) is 8.52. The van der Waals surface area contributed by atoms with Crippen LogP contribution in [0.3, 0.4) is 0 Å². The van der Waals surface area contributed by atoms with Crippen molar-refractivity contribution in [2.45, 2.75) is 58.4 Å². The van der Waals surface area contributed by atoms with Crippen LogP contribution >= 0.6 is 23.1 Å². The summed E-state index contributed by atoms with van der Waals surface area (Å²) in [5.74, 6) is 0. The highest BCUT2D eigenvalue weighted by Crippen LogP contribution is 2.41.